The molecule has 0 aliphatic heterocycles. The number of amides is 1. The molecule has 0 aliphatic carbocycles. The lowest BCUT2D eigenvalue weighted by Gasteiger charge is -2.11. The van der Waals surface area contributed by atoms with Gasteiger partial charge in [0.25, 0.3) is 5.91 Å². The van der Waals surface area contributed by atoms with E-state index in [9.17, 15) is 4.79 Å². The van der Waals surface area contributed by atoms with E-state index >= 15 is 0 Å². The number of aromatic amines is 2. The minimum Gasteiger partial charge on any atom is -0.399 e. The van der Waals surface area contributed by atoms with Gasteiger partial charge in [-0.2, -0.15) is 5.10 Å². The number of nitrogens with zero attached hydrogens (tertiary/aromatic N) is 1. The maximum absolute atomic E-state index is 12.3. The Morgan fingerprint density at radius 3 is 3.00 bits per heavy atom. The van der Waals surface area contributed by atoms with Crippen molar-refractivity contribution >= 4 is 22.5 Å². The van der Waals surface area contributed by atoms with Crippen LogP contribution >= 0.6 is 0 Å². The first kappa shape index (κ1) is 12.3. The summed E-state index contributed by atoms with van der Waals surface area (Å²) in [5.41, 5.74) is 8.81. The minimum absolute atomic E-state index is 0.118. The molecule has 0 saturated heterocycles. The average Bonchev–Trinajstić information content (AvgIpc) is 3.07. The first-order valence-electron chi connectivity index (χ1n) is 6.31. The second-order valence-electron chi connectivity index (χ2n) is 4.73. The number of nitrogens with two attached hydrogens (primary N) is 1. The van der Waals surface area contributed by atoms with Crippen molar-refractivity contribution in [2.75, 3.05) is 5.73 Å². The summed E-state index contributed by atoms with van der Waals surface area (Å²) in [4.78, 5) is 15.4. The summed E-state index contributed by atoms with van der Waals surface area (Å²) in [6.07, 6.45) is 5.15. The minimum atomic E-state index is -0.143. The Morgan fingerprint density at radius 2 is 2.25 bits per heavy atom. The van der Waals surface area contributed by atoms with Crippen LogP contribution in [-0.4, -0.2) is 21.1 Å². The maximum atomic E-state index is 12.3. The number of benzene rings is 1. The van der Waals surface area contributed by atoms with Crippen LogP contribution in [0.1, 0.15) is 28.9 Å². The highest BCUT2D eigenvalue weighted by Gasteiger charge is 2.15. The Kier molecular flexibility index (Phi) is 2.90. The van der Waals surface area contributed by atoms with E-state index in [1.165, 1.54) is 0 Å². The molecule has 1 amide bonds. The van der Waals surface area contributed by atoms with Crippen molar-refractivity contribution in [1.82, 2.24) is 20.5 Å². The second kappa shape index (κ2) is 4.73. The van der Waals surface area contributed by atoms with Gasteiger partial charge >= 0.3 is 0 Å². The predicted octanol–water partition coefficient (Wildman–Crippen LogP) is 1.96. The molecule has 1 aromatic carbocycles. The smallest absolute Gasteiger partial charge is 0.253 e. The van der Waals surface area contributed by atoms with Crippen LogP contribution in [0.2, 0.25) is 0 Å². The van der Waals surface area contributed by atoms with Crippen LogP contribution < -0.4 is 11.1 Å². The van der Waals surface area contributed by atoms with Crippen molar-refractivity contribution in [3.63, 3.8) is 0 Å². The first-order valence-corrected chi connectivity index (χ1v) is 6.31. The highest BCUT2D eigenvalue weighted by Crippen LogP contribution is 2.21. The molecule has 0 bridgehead atoms. The standard InChI is InChI=1S/C14H15N5O/c1-8(9-5-17-18-6-9)19-14(20)12-7-16-13-3-2-10(15)4-11(12)13/h2-8,16H,15H2,1H3,(H,17,18)(H,19,20). The number of rotatable bonds is 3. The summed E-state index contributed by atoms with van der Waals surface area (Å²) < 4.78 is 0. The molecule has 0 radical (unpaired) electrons. The molecule has 3 rings (SSSR count). The van der Waals surface area contributed by atoms with Crippen LogP contribution in [0.25, 0.3) is 10.9 Å². The van der Waals surface area contributed by atoms with E-state index in [0.717, 1.165) is 16.5 Å². The third-order valence-corrected chi connectivity index (χ3v) is 3.32. The van der Waals surface area contributed by atoms with Crippen LogP contribution in [0, 0.1) is 0 Å². The lowest BCUT2D eigenvalue weighted by molar-refractivity contribution is 0.0941. The fraction of sp³-hybridized carbons (Fsp3) is 0.143. The number of carbonyl (C=O) groups is 1. The topological polar surface area (TPSA) is 99.6 Å². The lowest BCUT2D eigenvalue weighted by atomic mass is 10.1. The first-order chi connectivity index (χ1) is 9.65. The fourth-order valence-electron chi connectivity index (χ4n) is 2.18. The van der Waals surface area contributed by atoms with Crippen molar-refractivity contribution < 1.29 is 4.79 Å². The molecule has 0 saturated carbocycles. The molecular weight excluding hydrogens is 254 g/mol. The number of nitrogens with one attached hydrogen (secondary N) is 3. The molecule has 1 atom stereocenters. The van der Waals surface area contributed by atoms with E-state index in [-0.39, 0.29) is 11.9 Å². The number of fused-ring (bicyclic) bond motifs is 1. The zero-order chi connectivity index (χ0) is 14.1. The normalized spacial score (nSPS) is 12.4. The van der Waals surface area contributed by atoms with Crippen molar-refractivity contribution in [2.45, 2.75) is 13.0 Å². The summed E-state index contributed by atoms with van der Waals surface area (Å²) in [5, 5.41) is 10.4. The summed E-state index contributed by atoms with van der Waals surface area (Å²) in [5.74, 6) is -0.143. The van der Waals surface area contributed by atoms with Gasteiger partial charge in [0.2, 0.25) is 0 Å². The molecule has 3 aromatic rings. The van der Waals surface area contributed by atoms with E-state index < -0.39 is 0 Å². The van der Waals surface area contributed by atoms with E-state index in [4.69, 9.17) is 5.73 Å². The van der Waals surface area contributed by atoms with Crippen LogP contribution in [0.5, 0.6) is 0 Å². The van der Waals surface area contributed by atoms with Crippen LogP contribution in [0.4, 0.5) is 5.69 Å². The van der Waals surface area contributed by atoms with Crippen LogP contribution in [-0.2, 0) is 0 Å². The summed E-state index contributed by atoms with van der Waals surface area (Å²) in [7, 11) is 0. The van der Waals surface area contributed by atoms with E-state index in [1.54, 1.807) is 30.7 Å². The molecule has 0 aliphatic rings. The van der Waals surface area contributed by atoms with Crippen molar-refractivity contribution in [3.8, 4) is 0 Å². The third kappa shape index (κ3) is 2.11. The molecular formula is C14H15N5O. The van der Waals surface area contributed by atoms with Gasteiger partial charge < -0.3 is 16.0 Å². The Labute approximate surface area is 115 Å². The number of hydrogen-bond donors (Lipinski definition) is 4. The summed E-state index contributed by atoms with van der Waals surface area (Å²) in [6.45, 7) is 1.91. The van der Waals surface area contributed by atoms with Gasteiger partial charge in [-0.3, -0.25) is 9.89 Å². The Balaban J connectivity index is 1.87. The highest BCUT2D eigenvalue weighted by molar-refractivity contribution is 6.07. The Morgan fingerprint density at radius 1 is 1.40 bits per heavy atom. The van der Waals surface area contributed by atoms with Gasteiger partial charge in [-0.05, 0) is 25.1 Å². The lowest BCUT2D eigenvalue weighted by Crippen LogP contribution is -2.26. The highest BCUT2D eigenvalue weighted by atomic mass is 16.1. The predicted molar refractivity (Wildman–Crippen MR) is 77.2 cm³/mol. The molecule has 102 valence electrons. The van der Waals surface area contributed by atoms with Gasteiger partial charge in [0.05, 0.1) is 17.8 Å². The molecule has 1 unspecified atom stereocenters. The Bertz CT molecular complexity index is 744. The molecule has 6 heteroatoms. The molecule has 0 fully saturated rings. The quantitative estimate of drug-likeness (QED) is 0.547. The third-order valence-electron chi connectivity index (χ3n) is 3.32. The van der Waals surface area contributed by atoms with Crippen molar-refractivity contribution in [1.29, 1.82) is 0 Å². The number of nitrogen functional groups attached to an aromatic ring is 1. The number of aromatic nitrogens is 3. The van der Waals surface area contributed by atoms with Gasteiger partial charge in [0.1, 0.15) is 0 Å². The van der Waals surface area contributed by atoms with Gasteiger partial charge in [-0.1, -0.05) is 0 Å². The zero-order valence-corrected chi connectivity index (χ0v) is 11.0. The number of anilines is 1. The van der Waals surface area contributed by atoms with Gasteiger partial charge in [-0.25, -0.2) is 0 Å². The molecule has 5 N–H and O–H groups in total. The monoisotopic (exact) mass is 269 g/mol. The summed E-state index contributed by atoms with van der Waals surface area (Å²) >= 11 is 0. The number of hydrogen-bond acceptors (Lipinski definition) is 3. The molecule has 0 spiro atoms. The SMILES string of the molecule is CC(NC(=O)c1c[nH]c2ccc(N)cc12)c1cn[nH]c1. The van der Waals surface area contributed by atoms with Gasteiger partial charge in [-0.15, -0.1) is 0 Å². The number of H-pyrrole nitrogens is 2. The van der Waals surface area contributed by atoms with Crippen LogP contribution in [0.15, 0.2) is 36.8 Å². The van der Waals surface area contributed by atoms with E-state index in [2.05, 4.69) is 20.5 Å². The van der Waals surface area contributed by atoms with Crippen molar-refractivity contribution in [2.24, 2.45) is 0 Å². The Hall–Kier alpha value is -2.76. The van der Waals surface area contributed by atoms with E-state index in [0.29, 0.717) is 11.3 Å². The maximum Gasteiger partial charge on any atom is 0.253 e. The van der Waals surface area contributed by atoms with Crippen molar-refractivity contribution in [3.05, 3.63) is 47.9 Å². The van der Waals surface area contributed by atoms with Crippen LogP contribution in [0.3, 0.4) is 0 Å². The fourth-order valence-corrected chi connectivity index (χ4v) is 2.18. The van der Waals surface area contributed by atoms with Gasteiger partial charge in [0, 0.05) is 34.5 Å². The largest absolute Gasteiger partial charge is 0.399 e. The van der Waals surface area contributed by atoms with Gasteiger partial charge in [0.15, 0.2) is 0 Å². The zero-order valence-electron chi connectivity index (χ0n) is 11.0. The molecule has 2 heterocycles. The van der Waals surface area contributed by atoms with E-state index in [1.807, 2.05) is 13.0 Å². The molecule has 6 nitrogen and oxygen atoms in total. The second-order valence-corrected chi connectivity index (χ2v) is 4.73. The number of carbonyl (C=O) groups excluding carboxylic acids is 1. The average molecular weight is 269 g/mol. The molecule has 20 heavy (non-hydrogen) atoms. The molecule has 2 aromatic heterocycles. The summed E-state index contributed by atoms with van der Waals surface area (Å²) in [6, 6.07) is 5.34.